The van der Waals surface area contributed by atoms with Gasteiger partial charge < -0.3 is 9.47 Å². The maximum absolute atomic E-state index is 13.3. The first kappa shape index (κ1) is 24.7. The van der Waals surface area contributed by atoms with Gasteiger partial charge in [-0.1, -0.05) is 42.1 Å². The van der Waals surface area contributed by atoms with Gasteiger partial charge in [0.05, 0.1) is 36.6 Å². The Balaban J connectivity index is 1.48. The third kappa shape index (κ3) is 5.81. The number of thioether (sulfide) groups is 1. The Bertz CT molecular complexity index is 1480. The molecule has 8 nitrogen and oxygen atoms in total. The third-order valence-corrected chi connectivity index (χ3v) is 6.11. The van der Waals surface area contributed by atoms with E-state index in [0.29, 0.717) is 27.5 Å². The Morgan fingerprint density at radius 1 is 1.03 bits per heavy atom. The number of hydrogen-bond donors (Lipinski definition) is 1. The van der Waals surface area contributed by atoms with Crippen LogP contribution in [-0.2, 0) is 4.79 Å². The molecule has 1 heterocycles. The SMILES string of the molecule is COc1ccc(-n2c(SCC(=O)N/N=C/C=C/c3ccccc3OC)nc3ccccc3c2=O)cc1. The molecular formula is C27H24N4O4S. The first-order chi connectivity index (χ1) is 17.6. The third-order valence-electron chi connectivity index (χ3n) is 5.17. The first-order valence-corrected chi connectivity index (χ1v) is 12.0. The van der Waals surface area contributed by atoms with Crippen LogP contribution in [0.25, 0.3) is 22.7 Å². The number of para-hydroxylation sites is 2. The molecule has 1 aromatic heterocycles. The molecule has 1 amide bonds. The number of benzene rings is 3. The molecule has 0 aliphatic carbocycles. The van der Waals surface area contributed by atoms with Gasteiger partial charge in [-0.05, 0) is 54.6 Å². The van der Waals surface area contributed by atoms with Crippen LogP contribution in [0.2, 0.25) is 0 Å². The molecule has 0 spiro atoms. The number of allylic oxidation sites excluding steroid dienone is 1. The molecule has 0 aliphatic heterocycles. The molecule has 0 bridgehead atoms. The molecule has 0 fully saturated rings. The van der Waals surface area contributed by atoms with Crippen molar-refractivity contribution in [2.24, 2.45) is 5.10 Å². The van der Waals surface area contributed by atoms with Gasteiger partial charge in [-0.2, -0.15) is 5.10 Å². The standard InChI is InChI=1S/C27H24N4O4S/c1-34-21-15-13-20(14-16-21)31-26(33)22-10-4-5-11-23(22)29-27(31)36-18-25(32)30-28-17-7-9-19-8-3-6-12-24(19)35-2/h3-17H,18H2,1-2H3,(H,30,32)/b9-7+,28-17+. The second kappa shape index (κ2) is 11.9. The molecule has 36 heavy (non-hydrogen) atoms. The quantitative estimate of drug-likeness (QED) is 0.159. The number of nitrogens with zero attached hydrogens (tertiary/aromatic N) is 3. The van der Waals surface area contributed by atoms with Crippen molar-refractivity contribution in [3.63, 3.8) is 0 Å². The number of hydrazone groups is 1. The average molecular weight is 501 g/mol. The first-order valence-electron chi connectivity index (χ1n) is 11.0. The van der Waals surface area contributed by atoms with Crippen LogP contribution in [0, 0.1) is 0 Å². The van der Waals surface area contributed by atoms with E-state index in [2.05, 4.69) is 15.5 Å². The Morgan fingerprint density at radius 3 is 2.56 bits per heavy atom. The molecule has 0 aliphatic rings. The fourth-order valence-corrected chi connectivity index (χ4v) is 4.24. The predicted molar refractivity (Wildman–Crippen MR) is 143 cm³/mol. The number of hydrogen-bond acceptors (Lipinski definition) is 7. The van der Waals surface area contributed by atoms with Crippen LogP contribution < -0.4 is 20.5 Å². The van der Waals surface area contributed by atoms with Gasteiger partial charge in [-0.3, -0.25) is 14.2 Å². The van der Waals surface area contributed by atoms with Crippen molar-refractivity contribution in [2.45, 2.75) is 5.16 Å². The normalized spacial score (nSPS) is 11.3. The number of nitrogens with one attached hydrogen (secondary N) is 1. The monoisotopic (exact) mass is 500 g/mol. The number of carbonyl (C=O) groups excluding carboxylic acids is 1. The molecule has 0 atom stereocenters. The second-order valence-corrected chi connectivity index (χ2v) is 8.40. The van der Waals surface area contributed by atoms with Crippen LogP contribution in [-0.4, -0.2) is 41.6 Å². The lowest BCUT2D eigenvalue weighted by atomic mass is 10.2. The van der Waals surface area contributed by atoms with Gasteiger partial charge in [0, 0.05) is 11.8 Å². The van der Waals surface area contributed by atoms with Crippen molar-refractivity contribution in [1.29, 1.82) is 0 Å². The minimum Gasteiger partial charge on any atom is -0.497 e. The van der Waals surface area contributed by atoms with E-state index < -0.39 is 0 Å². The summed E-state index contributed by atoms with van der Waals surface area (Å²) in [6.07, 6.45) is 5.02. The molecule has 0 saturated heterocycles. The van der Waals surface area contributed by atoms with Gasteiger partial charge >= 0.3 is 0 Å². The summed E-state index contributed by atoms with van der Waals surface area (Å²) in [4.78, 5) is 30.3. The average Bonchev–Trinajstić information content (AvgIpc) is 2.92. The summed E-state index contributed by atoms with van der Waals surface area (Å²) in [5.74, 6) is 1.11. The molecule has 182 valence electrons. The highest BCUT2D eigenvalue weighted by Gasteiger charge is 2.15. The minimum absolute atomic E-state index is 0.0223. The maximum Gasteiger partial charge on any atom is 0.266 e. The van der Waals surface area contributed by atoms with Crippen molar-refractivity contribution in [2.75, 3.05) is 20.0 Å². The molecule has 0 saturated carbocycles. The number of aromatic nitrogens is 2. The van der Waals surface area contributed by atoms with Crippen LogP contribution in [0.4, 0.5) is 0 Å². The summed E-state index contributed by atoms with van der Waals surface area (Å²) in [6.45, 7) is 0. The lowest BCUT2D eigenvalue weighted by Crippen LogP contribution is -2.24. The second-order valence-electron chi connectivity index (χ2n) is 7.45. The Morgan fingerprint density at radius 2 is 1.78 bits per heavy atom. The summed E-state index contributed by atoms with van der Waals surface area (Å²) in [5, 5.41) is 4.85. The van der Waals surface area contributed by atoms with Crippen molar-refractivity contribution < 1.29 is 14.3 Å². The summed E-state index contributed by atoms with van der Waals surface area (Å²) >= 11 is 1.15. The van der Waals surface area contributed by atoms with E-state index in [4.69, 9.17) is 9.47 Å². The van der Waals surface area contributed by atoms with Crippen LogP contribution in [0.3, 0.4) is 0 Å². The highest BCUT2D eigenvalue weighted by Crippen LogP contribution is 2.23. The van der Waals surface area contributed by atoms with E-state index in [9.17, 15) is 9.59 Å². The van der Waals surface area contributed by atoms with Gasteiger partial charge in [0.25, 0.3) is 11.5 Å². The Labute approximate surface area is 212 Å². The van der Waals surface area contributed by atoms with E-state index in [1.807, 2.05) is 36.4 Å². The van der Waals surface area contributed by atoms with E-state index in [1.54, 1.807) is 62.8 Å². The molecule has 1 N–H and O–H groups in total. The van der Waals surface area contributed by atoms with Gasteiger partial charge in [-0.15, -0.1) is 0 Å². The lowest BCUT2D eigenvalue weighted by molar-refractivity contribution is -0.118. The maximum atomic E-state index is 13.3. The lowest BCUT2D eigenvalue weighted by Gasteiger charge is -2.13. The molecule has 4 rings (SSSR count). The molecule has 9 heteroatoms. The number of ether oxygens (including phenoxy) is 2. The Hall–Kier alpha value is -4.37. The summed E-state index contributed by atoms with van der Waals surface area (Å²) in [6, 6.07) is 21.8. The summed E-state index contributed by atoms with van der Waals surface area (Å²) < 4.78 is 12.0. The van der Waals surface area contributed by atoms with Crippen molar-refractivity contribution in [1.82, 2.24) is 15.0 Å². The number of rotatable bonds is 9. The topological polar surface area (TPSA) is 94.8 Å². The van der Waals surface area contributed by atoms with Crippen LogP contribution >= 0.6 is 11.8 Å². The molecule has 0 radical (unpaired) electrons. The minimum atomic E-state index is -0.328. The summed E-state index contributed by atoms with van der Waals surface area (Å²) in [5.41, 5.74) is 4.36. The van der Waals surface area contributed by atoms with E-state index in [1.165, 1.54) is 10.8 Å². The predicted octanol–water partition coefficient (Wildman–Crippen LogP) is 4.31. The fourth-order valence-electron chi connectivity index (χ4n) is 3.43. The van der Waals surface area contributed by atoms with E-state index >= 15 is 0 Å². The highest BCUT2D eigenvalue weighted by atomic mass is 32.2. The van der Waals surface area contributed by atoms with Gasteiger partial charge in [0.1, 0.15) is 11.5 Å². The van der Waals surface area contributed by atoms with Crippen molar-refractivity contribution >= 4 is 40.9 Å². The van der Waals surface area contributed by atoms with Gasteiger partial charge in [0.2, 0.25) is 0 Å². The van der Waals surface area contributed by atoms with Crippen molar-refractivity contribution in [3.05, 3.63) is 94.8 Å². The molecule has 0 unspecified atom stereocenters. The smallest absolute Gasteiger partial charge is 0.266 e. The number of carbonyl (C=O) groups is 1. The van der Waals surface area contributed by atoms with E-state index in [-0.39, 0.29) is 17.2 Å². The number of methoxy groups -OCH3 is 2. The van der Waals surface area contributed by atoms with E-state index in [0.717, 1.165) is 23.1 Å². The van der Waals surface area contributed by atoms with Crippen LogP contribution in [0.1, 0.15) is 5.56 Å². The fraction of sp³-hybridized carbons (Fsp3) is 0.111. The summed E-state index contributed by atoms with van der Waals surface area (Å²) in [7, 11) is 3.19. The zero-order valence-corrected chi connectivity index (χ0v) is 20.6. The molecule has 4 aromatic rings. The van der Waals surface area contributed by atoms with Gasteiger partial charge in [-0.25, -0.2) is 10.4 Å². The molecule has 3 aromatic carbocycles. The number of fused-ring (bicyclic) bond motifs is 1. The van der Waals surface area contributed by atoms with Crippen molar-refractivity contribution in [3.8, 4) is 17.2 Å². The zero-order chi connectivity index (χ0) is 25.3. The van der Waals surface area contributed by atoms with Gasteiger partial charge in [0.15, 0.2) is 5.16 Å². The molecular weight excluding hydrogens is 476 g/mol. The van der Waals surface area contributed by atoms with Crippen LogP contribution in [0.15, 0.2) is 93.9 Å². The Kier molecular flexibility index (Phi) is 8.15. The van der Waals surface area contributed by atoms with Crippen LogP contribution in [0.5, 0.6) is 11.5 Å². The highest BCUT2D eigenvalue weighted by molar-refractivity contribution is 7.99. The number of amides is 1. The zero-order valence-electron chi connectivity index (χ0n) is 19.8. The largest absolute Gasteiger partial charge is 0.497 e.